The van der Waals surface area contributed by atoms with Crippen molar-refractivity contribution in [3.8, 4) is 5.75 Å². The Kier molecular flexibility index (Phi) is 4.11. The molecule has 1 aliphatic heterocycles. The molecule has 5 heteroatoms. The molecule has 1 amide bonds. The van der Waals surface area contributed by atoms with Crippen molar-refractivity contribution in [2.75, 3.05) is 12.4 Å². The van der Waals surface area contributed by atoms with E-state index in [1.807, 2.05) is 12.1 Å². The molecule has 122 valence electrons. The molecular weight excluding hydrogens is 294 g/mol. The van der Waals surface area contributed by atoms with Gasteiger partial charge in [-0.3, -0.25) is 4.79 Å². The van der Waals surface area contributed by atoms with Crippen LogP contribution in [0.2, 0.25) is 0 Å². The van der Waals surface area contributed by atoms with Crippen LogP contribution in [-0.4, -0.2) is 24.6 Å². The van der Waals surface area contributed by atoms with E-state index in [-0.39, 0.29) is 11.9 Å². The Bertz CT molecular complexity index is 671. The number of methoxy groups -OCH3 is 1. The van der Waals surface area contributed by atoms with Gasteiger partial charge in [0.2, 0.25) is 0 Å². The van der Waals surface area contributed by atoms with Gasteiger partial charge in [-0.1, -0.05) is 12.5 Å². The zero-order valence-electron chi connectivity index (χ0n) is 13.5. The SMILES string of the molecule is COc1cccc(NC(=O)C2=C(C)C(=O)OC23CCCCC3)c1. The van der Waals surface area contributed by atoms with E-state index in [0.717, 1.165) is 32.1 Å². The van der Waals surface area contributed by atoms with Crippen LogP contribution >= 0.6 is 0 Å². The van der Waals surface area contributed by atoms with Crippen molar-refractivity contribution in [1.29, 1.82) is 0 Å². The zero-order chi connectivity index (χ0) is 16.4. The molecule has 3 rings (SSSR count). The van der Waals surface area contributed by atoms with E-state index in [9.17, 15) is 9.59 Å². The maximum Gasteiger partial charge on any atom is 0.335 e. The van der Waals surface area contributed by atoms with Crippen LogP contribution in [0.4, 0.5) is 5.69 Å². The van der Waals surface area contributed by atoms with Gasteiger partial charge < -0.3 is 14.8 Å². The third-order valence-electron chi connectivity index (χ3n) is 4.64. The molecule has 1 aliphatic carbocycles. The number of hydrogen-bond acceptors (Lipinski definition) is 4. The van der Waals surface area contributed by atoms with E-state index in [0.29, 0.717) is 22.6 Å². The number of ether oxygens (including phenoxy) is 2. The van der Waals surface area contributed by atoms with Gasteiger partial charge in [0.25, 0.3) is 5.91 Å². The van der Waals surface area contributed by atoms with Gasteiger partial charge in [-0.25, -0.2) is 4.79 Å². The van der Waals surface area contributed by atoms with Crippen LogP contribution in [0.25, 0.3) is 0 Å². The molecule has 1 spiro atoms. The van der Waals surface area contributed by atoms with Crippen molar-refractivity contribution in [3.05, 3.63) is 35.4 Å². The van der Waals surface area contributed by atoms with Crippen molar-refractivity contribution in [3.63, 3.8) is 0 Å². The molecule has 1 heterocycles. The van der Waals surface area contributed by atoms with Gasteiger partial charge in [-0.2, -0.15) is 0 Å². The Morgan fingerprint density at radius 3 is 2.70 bits per heavy atom. The molecule has 1 saturated carbocycles. The lowest BCUT2D eigenvalue weighted by atomic mass is 9.78. The molecule has 0 saturated heterocycles. The minimum Gasteiger partial charge on any atom is -0.497 e. The van der Waals surface area contributed by atoms with Crippen molar-refractivity contribution >= 4 is 17.6 Å². The number of esters is 1. The molecule has 0 aromatic heterocycles. The Balaban J connectivity index is 1.88. The molecule has 0 bridgehead atoms. The molecule has 0 unspecified atom stereocenters. The summed E-state index contributed by atoms with van der Waals surface area (Å²) >= 11 is 0. The molecule has 0 atom stereocenters. The molecular formula is C18H21NO4. The van der Waals surface area contributed by atoms with Crippen LogP contribution in [0.5, 0.6) is 5.75 Å². The monoisotopic (exact) mass is 315 g/mol. The van der Waals surface area contributed by atoms with Gasteiger partial charge in [-0.15, -0.1) is 0 Å². The second-order valence-corrected chi connectivity index (χ2v) is 6.13. The molecule has 2 aliphatic rings. The maximum absolute atomic E-state index is 12.8. The third-order valence-corrected chi connectivity index (χ3v) is 4.64. The van der Waals surface area contributed by atoms with Crippen LogP contribution < -0.4 is 10.1 Å². The minimum absolute atomic E-state index is 0.261. The fourth-order valence-electron chi connectivity index (χ4n) is 3.50. The molecule has 1 aromatic rings. The van der Waals surface area contributed by atoms with E-state index in [2.05, 4.69) is 5.32 Å². The molecule has 1 fully saturated rings. The third kappa shape index (κ3) is 2.83. The average Bonchev–Trinajstić information content (AvgIpc) is 2.78. The van der Waals surface area contributed by atoms with Crippen LogP contribution in [0.3, 0.4) is 0 Å². The van der Waals surface area contributed by atoms with Crippen LogP contribution in [0.1, 0.15) is 39.0 Å². The van der Waals surface area contributed by atoms with Crippen LogP contribution in [0.15, 0.2) is 35.4 Å². The van der Waals surface area contributed by atoms with Gasteiger partial charge in [0.05, 0.1) is 12.7 Å². The number of carbonyl (C=O) groups excluding carboxylic acids is 2. The average molecular weight is 315 g/mol. The smallest absolute Gasteiger partial charge is 0.335 e. The lowest BCUT2D eigenvalue weighted by Gasteiger charge is -2.34. The van der Waals surface area contributed by atoms with Crippen LogP contribution in [-0.2, 0) is 14.3 Å². The number of amides is 1. The van der Waals surface area contributed by atoms with E-state index < -0.39 is 5.60 Å². The Hall–Kier alpha value is -2.30. The number of benzene rings is 1. The molecule has 1 N–H and O–H groups in total. The first-order valence-corrected chi connectivity index (χ1v) is 7.96. The molecule has 0 radical (unpaired) electrons. The predicted octanol–water partition coefficient (Wildman–Crippen LogP) is 3.21. The quantitative estimate of drug-likeness (QED) is 0.870. The molecule has 5 nitrogen and oxygen atoms in total. The highest BCUT2D eigenvalue weighted by molar-refractivity contribution is 6.12. The Labute approximate surface area is 135 Å². The largest absolute Gasteiger partial charge is 0.497 e. The summed E-state index contributed by atoms with van der Waals surface area (Å²) in [6.45, 7) is 1.67. The highest BCUT2D eigenvalue weighted by atomic mass is 16.6. The van der Waals surface area contributed by atoms with Crippen molar-refractivity contribution < 1.29 is 19.1 Å². The van der Waals surface area contributed by atoms with Crippen molar-refractivity contribution in [2.24, 2.45) is 0 Å². The predicted molar refractivity (Wildman–Crippen MR) is 86.2 cm³/mol. The fraction of sp³-hybridized carbons (Fsp3) is 0.444. The summed E-state index contributed by atoms with van der Waals surface area (Å²) in [4.78, 5) is 24.8. The second kappa shape index (κ2) is 6.07. The number of anilines is 1. The zero-order valence-corrected chi connectivity index (χ0v) is 13.5. The summed E-state index contributed by atoms with van der Waals surface area (Å²) in [6, 6.07) is 7.16. The fourth-order valence-corrected chi connectivity index (χ4v) is 3.50. The summed E-state index contributed by atoms with van der Waals surface area (Å²) in [7, 11) is 1.58. The number of rotatable bonds is 3. The molecule has 23 heavy (non-hydrogen) atoms. The number of hydrogen-bond donors (Lipinski definition) is 1. The minimum atomic E-state index is -0.734. The number of nitrogens with one attached hydrogen (secondary N) is 1. The normalized spacial score (nSPS) is 19.7. The summed E-state index contributed by atoms with van der Waals surface area (Å²) in [6.07, 6.45) is 4.49. The Morgan fingerprint density at radius 2 is 2.00 bits per heavy atom. The van der Waals surface area contributed by atoms with E-state index in [1.54, 1.807) is 26.2 Å². The van der Waals surface area contributed by atoms with E-state index in [1.165, 1.54) is 0 Å². The first kappa shape index (κ1) is 15.6. The topological polar surface area (TPSA) is 64.6 Å². The van der Waals surface area contributed by atoms with Gasteiger partial charge in [0.1, 0.15) is 11.4 Å². The summed E-state index contributed by atoms with van der Waals surface area (Å²) in [5, 5.41) is 2.87. The second-order valence-electron chi connectivity index (χ2n) is 6.13. The van der Waals surface area contributed by atoms with Crippen molar-refractivity contribution in [2.45, 2.75) is 44.6 Å². The molecule has 1 aromatic carbocycles. The standard InChI is InChI=1S/C18H21NO4/c1-12-15(18(23-17(12)21)9-4-3-5-10-18)16(20)19-13-7-6-8-14(11-13)22-2/h6-8,11H,3-5,9-10H2,1-2H3,(H,19,20). The summed E-state index contributed by atoms with van der Waals surface area (Å²) < 4.78 is 10.8. The lowest BCUT2D eigenvalue weighted by molar-refractivity contribution is -0.149. The van der Waals surface area contributed by atoms with Gasteiger partial charge >= 0.3 is 5.97 Å². The summed E-state index contributed by atoms with van der Waals surface area (Å²) in [5.41, 5.74) is 0.819. The lowest BCUT2D eigenvalue weighted by Crippen LogP contribution is -2.39. The van der Waals surface area contributed by atoms with Crippen LogP contribution in [0, 0.1) is 0 Å². The first-order valence-electron chi connectivity index (χ1n) is 7.96. The van der Waals surface area contributed by atoms with Gasteiger partial charge in [0.15, 0.2) is 0 Å². The number of carbonyl (C=O) groups is 2. The Morgan fingerprint density at radius 1 is 1.26 bits per heavy atom. The van der Waals surface area contributed by atoms with E-state index in [4.69, 9.17) is 9.47 Å². The maximum atomic E-state index is 12.8. The summed E-state index contributed by atoms with van der Waals surface area (Å²) in [5.74, 6) is 0.0332. The highest BCUT2D eigenvalue weighted by Crippen LogP contribution is 2.44. The van der Waals surface area contributed by atoms with Gasteiger partial charge in [-0.05, 0) is 44.7 Å². The van der Waals surface area contributed by atoms with E-state index >= 15 is 0 Å². The highest BCUT2D eigenvalue weighted by Gasteiger charge is 2.49. The first-order chi connectivity index (χ1) is 11.1. The van der Waals surface area contributed by atoms with Gasteiger partial charge in [0, 0.05) is 17.3 Å². The van der Waals surface area contributed by atoms with Crippen molar-refractivity contribution in [1.82, 2.24) is 0 Å².